The molecule has 0 saturated carbocycles. The number of nitrogens with zero attached hydrogens (tertiary/aromatic N) is 1. The van der Waals surface area contributed by atoms with Gasteiger partial charge in [-0.15, -0.1) is 0 Å². The smallest absolute Gasteiger partial charge is 0.254 e. The topological polar surface area (TPSA) is 42.0 Å². The van der Waals surface area contributed by atoms with Gasteiger partial charge in [-0.05, 0) is 36.2 Å². The summed E-state index contributed by atoms with van der Waals surface area (Å²) in [5.74, 6) is -2.29. The quantitative estimate of drug-likeness (QED) is 0.758. The average Bonchev–Trinajstić information content (AvgIpc) is 2.59. The van der Waals surface area contributed by atoms with E-state index in [9.17, 15) is 13.6 Å². The Hall–Kier alpha value is -2.01. The standard InChI is InChI=1S/C14H11ClF2N2O.2C2H6/c1-8-4-5-18-13(15)12(8)14(20)19-7-9-2-3-10(16)11(17)6-9;2*1-2/h2-6H,7H2,1H3,(H,19,20);2*1-2H3. The van der Waals surface area contributed by atoms with Crippen LogP contribution in [-0.4, -0.2) is 10.9 Å². The highest BCUT2D eigenvalue weighted by Gasteiger charge is 2.14. The van der Waals surface area contributed by atoms with Crippen molar-refractivity contribution in [1.29, 1.82) is 0 Å². The van der Waals surface area contributed by atoms with Crippen molar-refractivity contribution in [3.8, 4) is 0 Å². The first-order valence-corrected chi connectivity index (χ1v) is 8.20. The van der Waals surface area contributed by atoms with Crippen molar-refractivity contribution < 1.29 is 13.6 Å². The summed E-state index contributed by atoms with van der Waals surface area (Å²) in [6.45, 7) is 9.81. The Kier molecular flexibility index (Phi) is 10.5. The predicted octanol–water partition coefficient (Wildman–Crippen LogP) is 5.30. The third kappa shape index (κ3) is 6.24. The Morgan fingerprint density at radius 3 is 2.29 bits per heavy atom. The lowest BCUT2D eigenvalue weighted by Crippen LogP contribution is -2.24. The maximum Gasteiger partial charge on any atom is 0.254 e. The third-order valence-corrected chi connectivity index (χ3v) is 3.06. The fourth-order valence-corrected chi connectivity index (χ4v) is 2.01. The molecule has 0 aliphatic heterocycles. The van der Waals surface area contributed by atoms with E-state index in [1.165, 1.54) is 12.3 Å². The Labute approximate surface area is 147 Å². The Morgan fingerprint density at radius 2 is 1.75 bits per heavy atom. The van der Waals surface area contributed by atoms with Gasteiger partial charge in [0.05, 0.1) is 5.56 Å². The molecule has 24 heavy (non-hydrogen) atoms. The summed E-state index contributed by atoms with van der Waals surface area (Å²) in [5, 5.41) is 2.70. The molecule has 1 heterocycles. The van der Waals surface area contributed by atoms with Crippen LogP contribution in [0.4, 0.5) is 8.78 Å². The molecule has 3 nitrogen and oxygen atoms in total. The summed E-state index contributed by atoms with van der Waals surface area (Å²) in [6, 6.07) is 5.11. The molecule has 2 rings (SSSR count). The molecule has 1 amide bonds. The molecule has 0 atom stereocenters. The fourth-order valence-electron chi connectivity index (χ4n) is 1.72. The summed E-state index contributed by atoms with van der Waals surface area (Å²) in [6.07, 6.45) is 1.50. The molecule has 1 N–H and O–H groups in total. The predicted molar refractivity (Wildman–Crippen MR) is 94.2 cm³/mol. The van der Waals surface area contributed by atoms with Gasteiger partial charge in [0.25, 0.3) is 5.91 Å². The average molecular weight is 357 g/mol. The van der Waals surface area contributed by atoms with E-state index in [-0.39, 0.29) is 17.3 Å². The maximum atomic E-state index is 13.0. The van der Waals surface area contributed by atoms with Gasteiger partial charge in [0.2, 0.25) is 0 Å². The second kappa shape index (κ2) is 11.5. The van der Waals surface area contributed by atoms with Crippen LogP contribution in [0, 0.1) is 18.6 Å². The number of carbonyl (C=O) groups excluding carboxylic acids is 1. The number of hydrogen-bond donors (Lipinski definition) is 1. The monoisotopic (exact) mass is 356 g/mol. The molecule has 0 bridgehead atoms. The van der Waals surface area contributed by atoms with Gasteiger partial charge in [-0.25, -0.2) is 13.8 Å². The highest BCUT2D eigenvalue weighted by molar-refractivity contribution is 6.32. The fraction of sp³-hybridized carbons (Fsp3) is 0.333. The summed E-state index contributed by atoms with van der Waals surface area (Å²) in [5.41, 5.74) is 1.42. The second-order valence-corrected chi connectivity index (χ2v) is 4.58. The lowest BCUT2D eigenvalue weighted by Gasteiger charge is -2.09. The maximum absolute atomic E-state index is 13.0. The van der Waals surface area contributed by atoms with Crippen LogP contribution < -0.4 is 5.32 Å². The van der Waals surface area contributed by atoms with Crippen LogP contribution in [-0.2, 0) is 6.54 Å². The molecule has 0 fully saturated rings. The Bertz CT molecular complexity index is 643. The lowest BCUT2D eigenvalue weighted by atomic mass is 10.1. The van der Waals surface area contributed by atoms with E-state index >= 15 is 0 Å². The molecule has 6 heteroatoms. The molecule has 1 aromatic carbocycles. The van der Waals surface area contributed by atoms with Crippen LogP contribution in [0.3, 0.4) is 0 Å². The highest BCUT2D eigenvalue weighted by atomic mass is 35.5. The van der Waals surface area contributed by atoms with Gasteiger partial charge in [0, 0.05) is 12.7 Å². The van der Waals surface area contributed by atoms with Crippen molar-refractivity contribution in [2.24, 2.45) is 0 Å². The SMILES string of the molecule is CC.CC.Cc1ccnc(Cl)c1C(=O)NCc1ccc(F)c(F)c1. The van der Waals surface area contributed by atoms with E-state index in [4.69, 9.17) is 11.6 Å². The first-order valence-electron chi connectivity index (χ1n) is 7.82. The molecule has 132 valence electrons. The first-order chi connectivity index (χ1) is 11.5. The van der Waals surface area contributed by atoms with Crippen molar-refractivity contribution >= 4 is 17.5 Å². The molecule has 0 aliphatic carbocycles. The van der Waals surface area contributed by atoms with Crippen LogP contribution in [0.5, 0.6) is 0 Å². The van der Waals surface area contributed by atoms with E-state index in [0.29, 0.717) is 11.1 Å². The van der Waals surface area contributed by atoms with Crippen LogP contribution in [0.15, 0.2) is 30.5 Å². The van der Waals surface area contributed by atoms with Crippen LogP contribution in [0.25, 0.3) is 0 Å². The van der Waals surface area contributed by atoms with Gasteiger partial charge in [0.1, 0.15) is 5.15 Å². The van der Waals surface area contributed by atoms with Crippen molar-refractivity contribution in [2.75, 3.05) is 0 Å². The minimum Gasteiger partial charge on any atom is -0.348 e. The number of pyridine rings is 1. The molecule has 0 radical (unpaired) electrons. The van der Waals surface area contributed by atoms with E-state index < -0.39 is 17.5 Å². The van der Waals surface area contributed by atoms with E-state index in [0.717, 1.165) is 12.1 Å². The zero-order valence-electron chi connectivity index (χ0n) is 14.6. The number of halogens is 3. The summed E-state index contributed by atoms with van der Waals surface area (Å²) < 4.78 is 25.8. The number of aromatic nitrogens is 1. The number of carbonyl (C=O) groups is 1. The summed E-state index contributed by atoms with van der Waals surface area (Å²) in [7, 11) is 0. The normalized spacial score (nSPS) is 9.17. The van der Waals surface area contributed by atoms with Crippen LogP contribution in [0.2, 0.25) is 5.15 Å². The van der Waals surface area contributed by atoms with Crippen molar-refractivity contribution in [3.63, 3.8) is 0 Å². The number of rotatable bonds is 3. The summed E-state index contributed by atoms with van der Waals surface area (Å²) in [4.78, 5) is 15.8. The zero-order chi connectivity index (χ0) is 18.7. The molecule has 1 aromatic heterocycles. The van der Waals surface area contributed by atoms with E-state index in [1.807, 2.05) is 27.7 Å². The second-order valence-electron chi connectivity index (χ2n) is 4.22. The number of benzene rings is 1. The number of hydrogen-bond acceptors (Lipinski definition) is 2. The van der Waals surface area contributed by atoms with Gasteiger partial charge in [-0.2, -0.15) is 0 Å². The van der Waals surface area contributed by atoms with Crippen molar-refractivity contribution in [2.45, 2.75) is 41.2 Å². The third-order valence-electron chi connectivity index (χ3n) is 2.78. The largest absolute Gasteiger partial charge is 0.348 e. The molecule has 0 saturated heterocycles. The molecule has 0 aliphatic rings. The Morgan fingerprint density at radius 1 is 1.12 bits per heavy atom. The molecule has 2 aromatic rings. The van der Waals surface area contributed by atoms with Gasteiger partial charge in [0.15, 0.2) is 11.6 Å². The van der Waals surface area contributed by atoms with Gasteiger partial charge in [-0.1, -0.05) is 45.4 Å². The van der Waals surface area contributed by atoms with Gasteiger partial charge < -0.3 is 5.32 Å². The number of amides is 1. The van der Waals surface area contributed by atoms with Gasteiger partial charge >= 0.3 is 0 Å². The van der Waals surface area contributed by atoms with Crippen LogP contribution in [0.1, 0.15) is 49.2 Å². The highest BCUT2D eigenvalue weighted by Crippen LogP contribution is 2.16. The molecular weight excluding hydrogens is 334 g/mol. The molecule has 0 spiro atoms. The van der Waals surface area contributed by atoms with Gasteiger partial charge in [-0.3, -0.25) is 4.79 Å². The molecular formula is C18H23ClF2N2O. The van der Waals surface area contributed by atoms with E-state index in [1.54, 1.807) is 13.0 Å². The number of aryl methyl sites for hydroxylation is 1. The first kappa shape index (κ1) is 22.0. The lowest BCUT2D eigenvalue weighted by molar-refractivity contribution is 0.0950. The Balaban J connectivity index is 0.00000123. The van der Waals surface area contributed by atoms with Crippen molar-refractivity contribution in [1.82, 2.24) is 10.3 Å². The number of nitrogens with one attached hydrogen (secondary N) is 1. The minimum absolute atomic E-state index is 0.0701. The van der Waals surface area contributed by atoms with Crippen molar-refractivity contribution in [3.05, 3.63) is 63.9 Å². The summed E-state index contributed by atoms with van der Waals surface area (Å²) >= 11 is 5.87. The zero-order valence-corrected chi connectivity index (χ0v) is 15.3. The minimum atomic E-state index is -0.952. The van der Waals surface area contributed by atoms with Crippen LogP contribution >= 0.6 is 11.6 Å². The molecule has 0 unspecified atom stereocenters. The van der Waals surface area contributed by atoms with E-state index in [2.05, 4.69) is 10.3 Å².